The first-order chi connectivity index (χ1) is 9.56. The molecule has 5 nitrogen and oxygen atoms in total. The largest absolute Gasteiger partial charge is 0.481 e. The van der Waals surface area contributed by atoms with Crippen molar-refractivity contribution in [1.29, 1.82) is 0 Å². The molecule has 1 aliphatic rings. The molecule has 2 rings (SSSR count). The van der Waals surface area contributed by atoms with Gasteiger partial charge in [0.1, 0.15) is 0 Å². The number of urea groups is 1. The Morgan fingerprint density at radius 2 is 2.15 bits per heavy atom. The van der Waals surface area contributed by atoms with Gasteiger partial charge in [0.2, 0.25) is 0 Å². The summed E-state index contributed by atoms with van der Waals surface area (Å²) in [6.45, 7) is 1.95. The van der Waals surface area contributed by atoms with Crippen LogP contribution in [0.4, 0.5) is 4.79 Å². The number of nitrogens with zero attached hydrogens (tertiary/aromatic N) is 2. The summed E-state index contributed by atoms with van der Waals surface area (Å²) in [5, 5.41) is 10.8. The van der Waals surface area contributed by atoms with E-state index in [2.05, 4.69) is 0 Å². The molecule has 0 aromatic carbocycles. The average molecular weight is 296 g/mol. The molecule has 1 saturated heterocycles. The third-order valence-electron chi connectivity index (χ3n) is 3.65. The molecule has 0 bridgehead atoms. The van der Waals surface area contributed by atoms with Crippen molar-refractivity contribution in [3.8, 4) is 0 Å². The van der Waals surface area contributed by atoms with Gasteiger partial charge in [-0.3, -0.25) is 4.79 Å². The van der Waals surface area contributed by atoms with Gasteiger partial charge in [0, 0.05) is 31.4 Å². The Bertz CT molecular complexity index is 453. The highest BCUT2D eigenvalue weighted by atomic mass is 32.1. The zero-order valence-electron chi connectivity index (χ0n) is 11.6. The molecule has 2 amide bonds. The number of hydrogen-bond donors (Lipinski definition) is 1. The smallest absolute Gasteiger partial charge is 0.320 e. The van der Waals surface area contributed by atoms with E-state index in [4.69, 9.17) is 5.11 Å². The summed E-state index contributed by atoms with van der Waals surface area (Å²) < 4.78 is 0. The molecule has 1 aliphatic heterocycles. The molecule has 110 valence electrons. The van der Waals surface area contributed by atoms with Gasteiger partial charge in [0.05, 0.1) is 6.54 Å². The van der Waals surface area contributed by atoms with E-state index in [-0.39, 0.29) is 18.4 Å². The van der Waals surface area contributed by atoms with E-state index in [1.54, 1.807) is 16.2 Å². The average Bonchev–Trinajstić information content (AvgIpc) is 2.91. The first-order valence-corrected chi connectivity index (χ1v) is 7.68. The van der Waals surface area contributed by atoms with Crippen LogP contribution in [0.3, 0.4) is 0 Å². The number of aliphatic carboxylic acids is 1. The third kappa shape index (κ3) is 3.96. The Labute approximate surface area is 122 Å². The molecule has 0 aliphatic carbocycles. The molecule has 1 N–H and O–H groups in total. The van der Waals surface area contributed by atoms with Crippen molar-refractivity contribution < 1.29 is 14.7 Å². The number of thiophene rings is 1. The van der Waals surface area contributed by atoms with Crippen molar-refractivity contribution in [3.63, 3.8) is 0 Å². The highest BCUT2D eigenvalue weighted by molar-refractivity contribution is 7.09. The molecule has 20 heavy (non-hydrogen) atoms. The first-order valence-electron chi connectivity index (χ1n) is 6.80. The van der Waals surface area contributed by atoms with Crippen LogP contribution in [-0.4, -0.2) is 47.0 Å². The molecular weight excluding hydrogens is 276 g/mol. The van der Waals surface area contributed by atoms with Gasteiger partial charge in [-0.05, 0) is 30.2 Å². The number of carbonyl (C=O) groups excluding carboxylic acids is 1. The van der Waals surface area contributed by atoms with Gasteiger partial charge < -0.3 is 14.9 Å². The van der Waals surface area contributed by atoms with Crippen LogP contribution in [0, 0.1) is 5.92 Å². The monoisotopic (exact) mass is 296 g/mol. The molecule has 0 spiro atoms. The van der Waals surface area contributed by atoms with Crippen LogP contribution in [0.5, 0.6) is 0 Å². The number of piperidine rings is 1. The predicted octanol–water partition coefficient (Wildman–Crippen LogP) is 2.49. The van der Waals surface area contributed by atoms with Gasteiger partial charge in [-0.1, -0.05) is 6.07 Å². The summed E-state index contributed by atoms with van der Waals surface area (Å²) in [7, 11) is 1.81. The van der Waals surface area contributed by atoms with Gasteiger partial charge in [-0.15, -0.1) is 11.3 Å². The van der Waals surface area contributed by atoms with E-state index in [9.17, 15) is 9.59 Å². The van der Waals surface area contributed by atoms with E-state index in [0.717, 1.165) is 12.8 Å². The summed E-state index contributed by atoms with van der Waals surface area (Å²) in [6, 6.07) is 4.04. The Kier molecular flexibility index (Phi) is 5.00. The number of rotatable bonds is 4. The van der Waals surface area contributed by atoms with Gasteiger partial charge in [-0.2, -0.15) is 0 Å². The van der Waals surface area contributed by atoms with E-state index in [0.29, 0.717) is 19.6 Å². The predicted molar refractivity (Wildman–Crippen MR) is 77.7 cm³/mol. The lowest BCUT2D eigenvalue weighted by Gasteiger charge is -2.34. The van der Waals surface area contributed by atoms with Crippen molar-refractivity contribution in [2.45, 2.75) is 25.8 Å². The number of carbonyl (C=O) groups is 2. The van der Waals surface area contributed by atoms with Crippen molar-refractivity contribution in [1.82, 2.24) is 9.80 Å². The maximum atomic E-state index is 12.3. The van der Waals surface area contributed by atoms with Gasteiger partial charge in [0.15, 0.2) is 0 Å². The number of hydrogen-bond acceptors (Lipinski definition) is 3. The van der Waals surface area contributed by atoms with Crippen molar-refractivity contribution >= 4 is 23.3 Å². The molecule has 1 aromatic heterocycles. The quantitative estimate of drug-likeness (QED) is 0.928. The minimum atomic E-state index is -0.746. The van der Waals surface area contributed by atoms with E-state index >= 15 is 0 Å². The Morgan fingerprint density at radius 1 is 1.45 bits per heavy atom. The van der Waals surface area contributed by atoms with E-state index < -0.39 is 5.97 Å². The molecule has 0 saturated carbocycles. The van der Waals surface area contributed by atoms with Gasteiger partial charge in [-0.25, -0.2) is 4.79 Å². The fraction of sp³-hybridized carbons (Fsp3) is 0.571. The minimum Gasteiger partial charge on any atom is -0.481 e. The van der Waals surface area contributed by atoms with Crippen LogP contribution >= 0.6 is 11.3 Å². The first kappa shape index (κ1) is 14.8. The number of carboxylic acids is 1. The second kappa shape index (κ2) is 6.74. The van der Waals surface area contributed by atoms with Crippen LogP contribution in [0.2, 0.25) is 0 Å². The topological polar surface area (TPSA) is 60.9 Å². The summed E-state index contributed by atoms with van der Waals surface area (Å²) in [4.78, 5) is 27.7. The van der Waals surface area contributed by atoms with Crippen molar-refractivity contribution in [2.24, 2.45) is 5.92 Å². The van der Waals surface area contributed by atoms with E-state index in [1.807, 2.05) is 29.5 Å². The third-order valence-corrected chi connectivity index (χ3v) is 4.51. The fourth-order valence-corrected chi connectivity index (χ4v) is 3.28. The molecule has 2 heterocycles. The van der Waals surface area contributed by atoms with Gasteiger partial charge in [0.25, 0.3) is 0 Å². The molecule has 0 unspecified atom stereocenters. The van der Waals surface area contributed by atoms with Gasteiger partial charge >= 0.3 is 12.0 Å². The lowest BCUT2D eigenvalue weighted by atomic mass is 9.94. The zero-order chi connectivity index (χ0) is 14.5. The molecular formula is C14H20N2O3S. The second-order valence-electron chi connectivity index (χ2n) is 5.25. The lowest BCUT2D eigenvalue weighted by molar-refractivity contribution is -0.138. The maximum Gasteiger partial charge on any atom is 0.320 e. The SMILES string of the molecule is CN(Cc1cccs1)C(=O)N1CCC(CC(=O)O)CC1. The molecule has 6 heteroatoms. The number of amides is 2. The lowest BCUT2D eigenvalue weighted by Crippen LogP contribution is -2.45. The van der Waals surface area contributed by atoms with E-state index in [1.165, 1.54) is 4.88 Å². The van der Waals surface area contributed by atoms with Crippen LogP contribution in [0.25, 0.3) is 0 Å². The molecule has 0 radical (unpaired) electrons. The standard InChI is InChI=1S/C14H20N2O3S/c1-15(10-12-3-2-8-20-12)14(19)16-6-4-11(5-7-16)9-13(17)18/h2-3,8,11H,4-7,9-10H2,1H3,(H,17,18). The van der Waals surface area contributed by atoms with Crippen LogP contribution in [0.15, 0.2) is 17.5 Å². The summed E-state index contributed by atoms with van der Waals surface area (Å²) in [5.74, 6) is -0.538. The number of carboxylic acid groups (broad SMARTS) is 1. The summed E-state index contributed by atoms with van der Waals surface area (Å²) in [6.07, 6.45) is 1.78. The normalized spacial score (nSPS) is 16.1. The maximum absolute atomic E-state index is 12.3. The highest BCUT2D eigenvalue weighted by Gasteiger charge is 2.26. The number of likely N-dealkylation sites (tertiary alicyclic amines) is 1. The minimum absolute atomic E-state index is 0.0344. The molecule has 1 aromatic rings. The zero-order valence-corrected chi connectivity index (χ0v) is 12.4. The Balaban J connectivity index is 1.80. The molecule has 0 atom stereocenters. The van der Waals surface area contributed by atoms with Crippen LogP contribution in [0.1, 0.15) is 24.1 Å². The summed E-state index contributed by atoms with van der Waals surface area (Å²) >= 11 is 1.64. The Hall–Kier alpha value is -1.56. The summed E-state index contributed by atoms with van der Waals surface area (Å²) in [5.41, 5.74) is 0. The van der Waals surface area contributed by atoms with Crippen LogP contribution < -0.4 is 0 Å². The van der Waals surface area contributed by atoms with Crippen LogP contribution in [-0.2, 0) is 11.3 Å². The second-order valence-corrected chi connectivity index (χ2v) is 6.28. The van der Waals surface area contributed by atoms with Crippen molar-refractivity contribution in [2.75, 3.05) is 20.1 Å². The fourth-order valence-electron chi connectivity index (χ4n) is 2.52. The Morgan fingerprint density at radius 3 is 2.70 bits per heavy atom. The van der Waals surface area contributed by atoms with Crippen molar-refractivity contribution in [3.05, 3.63) is 22.4 Å². The molecule has 1 fully saturated rings. The highest BCUT2D eigenvalue weighted by Crippen LogP contribution is 2.21.